The first-order valence-electron chi connectivity index (χ1n) is 22.5. The molecule has 3 aliphatic heterocycles. The van der Waals surface area contributed by atoms with Crippen LogP contribution in [0.5, 0.6) is 0 Å². The van der Waals surface area contributed by atoms with E-state index in [1.54, 1.807) is 37.3 Å². The third-order valence-electron chi connectivity index (χ3n) is 13.5. The summed E-state index contributed by atoms with van der Waals surface area (Å²) in [4.78, 5) is 39.9. The number of anilines is 1. The van der Waals surface area contributed by atoms with Crippen LogP contribution in [0.25, 0.3) is 21.5 Å². The van der Waals surface area contributed by atoms with E-state index in [1.165, 1.54) is 26.4 Å². The van der Waals surface area contributed by atoms with Crippen LogP contribution in [0.3, 0.4) is 0 Å². The minimum Gasteiger partial charge on any atom is -0.744 e. The van der Waals surface area contributed by atoms with Crippen molar-refractivity contribution in [3.05, 3.63) is 83.6 Å². The second-order valence-electron chi connectivity index (χ2n) is 18.0. The van der Waals surface area contributed by atoms with Gasteiger partial charge >= 0.3 is 5.97 Å². The molecular weight excluding hydrogens is 1020 g/mol. The first-order valence-corrected chi connectivity index (χ1v) is 28.2. The third kappa shape index (κ3) is 10.2. The first-order chi connectivity index (χ1) is 33.6. The molecule has 25 heteroatoms. The Morgan fingerprint density at radius 1 is 0.694 bits per heavy atom. The van der Waals surface area contributed by atoms with Crippen molar-refractivity contribution in [3.8, 4) is 0 Å². The second kappa shape index (κ2) is 20.1. The fourth-order valence-corrected chi connectivity index (χ4v) is 12.8. The molecule has 0 aliphatic carbocycles. The number of nitrogens with zero attached hydrogens (tertiary/aromatic N) is 3. The maximum absolute atomic E-state index is 12.7. The number of hydroxylamine groups is 2. The summed E-state index contributed by atoms with van der Waals surface area (Å²) in [6.45, 7) is 6.23. The Labute approximate surface area is 416 Å². The number of benzene rings is 4. The van der Waals surface area contributed by atoms with E-state index in [-0.39, 0.29) is 79.8 Å². The topological polar surface area (TPSA) is 317 Å². The van der Waals surface area contributed by atoms with Gasteiger partial charge in [0, 0.05) is 99.6 Å². The maximum Gasteiger partial charge on any atom is 0.333 e. The zero-order valence-corrected chi connectivity index (χ0v) is 42.9. The number of allylic oxidation sites excluding steroid dienone is 4. The van der Waals surface area contributed by atoms with Crippen LogP contribution in [0.1, 0.15) is 83.3 Å². The molecule has 1 fully saturated rings. The number of hydrogen-bond donors (Lipinski definition) is 0. The van der Waals surface area contributed by atoms with E-state index in [4.69, 9.17) is 14.3 Å². The summed E-state index contributed by atoms with van der Waals surface area (Å²) < 4.78 is 164. The lowest BCUT2D eigenvalue weighted by Gasteiger charge is -2.30. The van der Waals surface area contributed by atoms with Gasteiger partial charge < -0.3 is 37.4 Å². The van der Waals surface area contributed by atoms with Crippen LogP contribution in [0, 0.1) is 0 Å². The summed E-state index contributed by atoms with van der Waals surface area (Å²) in [5.41, 5.74) is 0.635. The number of imide groups is 1. The molecule has 2 unspecified atom stereocenters. The smallest absolute Gasteiger partial charge is 0.333 e. The van der Waals surface area contributed by atoms with Gasteiger partial charge in [-0.05, 0) is 111 Å². The van der Waals surface area contributed by atoms with Crippen LogP contribution >= 0.6 is 0 Å². The van der Waals surface area contributed by atoms with Crippen molar-refractivity contribution in [1.29, 1.82) is 0 Å². The van der Waals surface area contributed by atoms with Gasteiger partial charge in [-0.1, -0.05) is 12.1 Å². The maximum atomic E-state index is 12.7. The predicted molar refractivity (Wildman–Crippen MR) is 253 cm³/mol. The van der Waals surface area contributed by atoms with Crippen molar-refractivity contribution >= 4 is 96.9 Å². The lowest BCUT2D eigenvalue weighted by atomic mass is 9.74. The zero-order valence-electron chi connectivity index (χ0n) is 39.7. The average Bonchev–Trinajstić information content (AvgIpc) is 3.84. The van der Waals surface area contributed by atoms with E-state index < -0.39 is 88.7 Å². The highest BCUT2D eigenvalue weighted by Gasteiger charge is 2.49. The molecule has 0 aromatic heterocycles. The number of rotatable bonds is 20. The van der Waals surface area contributed by atoms with Crippen LogP contribution in [0.15, 0.2) is 92.0 Å². The highest BCUT2D eigenvalue weighted by atomic mass is 32.2. The molecule has 72 heavy (non-hydrogen) atoms. The molecule has 0 spiro atoms. The number of carbonyl (C=O) groups is 3. The number of unbranched alkanes of at least 4 members (excludes halogenated alkanes) is 2. The Morgan fingerprint density at radius 3 is 1.74 bits per heavy atom. The van der Waals surface area contributed by atoms with E-state index in [9.17, 15) is 66.3 Å². The van der Waals surface area contributed by atoms with Gasteiger partial charge in [0.2, 0.25) is 5.69 Å². The normalized spacial score (nSPS) is 20.3. The summed E-state index contributed by atoms with van der Waals surface area (Å²) in [6.07, 6.45) is 6.46. The Bertz CT molecular complexity index is 3480. The van der Waals surface area contributed by atoms with Gasteiger partial charge in [-0.2, -0.15) is 4.58 Å². The molecule has 0 radical (unpaired) electrons. The van der Waals surface area contributed by atoms with Crippen molar-refractivity contribution in [3.63, 3.8) is 0 Å². The van der Waals surface area contributed by atoms with E-state index in [1.807, 2.05) is 23.3 Å². The van der Waals surface area contributed by atoms with Gasteiger partial charge in [0.25, 0.3) is 11.8 Å². The Kier molecular flexibility index (Phi) is 15.2. The van der Waals surface area contributed by atoms with E-state index in [0.29, 0.717) is 70.5 Å². The average molecular weight is 1070 g/mol. The van der Waals surface area contributed by atoms with Crippen molar-refractivity contribution in [2.45, 2.75) is 103 Å². The molecule has 2 atom stereocenters. The zero-order chi connectivity index (χ0) is 52.9. The minimum absolute atomic E-state index is 0.000643. The Morgan fingerprint density at radius 2 is 1.22 bits per heavy atom. The molecule has 2 amide bonds. The monoisotopic (exact) mass is 1070 g/mol. The fraction of sp³-hybridized carbons (Fsp3) is 0.404. The first kappa shape index (κ1) is 54.3. The van der Waals surface area contributed by atoms with Crippen molar-refractivity contribution < 1.29 is 85.2 Å². The summed E-state index contributed by atoms with van der Waals surface area (Å²) in [7, 11) is -18.3. The van der Waals surface area contributed by atoms with Crippen LogP contribution in [0.2, 0.25) is 0 Å². The molecule has 7 rings (SSSR count). The van der Waals surface area contributed by atoms with Gasteiger partial charge in [-0.25, -0.2) is 38.5 Å². The lowest BCUT2D eigenvalue weighted by molar-refractivity contribution is -0.438. The fourth-order valence-electron chi connectivity index (χ4n) is 10.2. The molecule has 1 saturated heterocycles. The molecule has 3 aliphatic rings. The van der Waals surface area contributed by atoms with Gasteiger partial charge in [-0.15, -0.1) is 5.06 Å². The molecule has 4 aromatic rings. The van der Waals surface area contributed by atoms with Crippen molar-refractivity contribution in [2.24, 2.45) is 0 Å². The van der Waals surface area contributed by atoms with Crippen LogP contribution in [-0.2, 0) is 80.0 Å². The summed E-state index contributed by atoms with van der Waals surface area (Å²) >= 11 is 0. The SMILES string of the molecule is CCN1C(=CC=CC2=[N+](CCCCCC(=O)ON3C(=O)CCC3=O)c3ccc4c(S(=O)(=O)[O-])cc(S(=O)(=O)[O-])cc4c3C2(C)CCOC)C(C)(CCOC)c2c1ccc1c(S(=O)(=O)[O-])cc(S(=O)(=O)[O-])cc21. The highest BCUT2D eigenvalue weighted by molar-refractivity contribution is 7.87. The van der Waals surface area contributed by atoms with Crippen LogP contribution < -0.4 is 4.90 Å². The lowest BCUT2D eigenvalue weighted by Crippen LogP contribution is -2.33. The summed E-state index contributed by atoms with van der Waals surface area (Å²) in [6, 6.07) is 9.10. The van der Waals surface area contributed by atoms with Gasteiger partial charge in [0.05, 0.1) is 25.0 Å². The van der Waals surface area contributed by atoms with Crippen molar-refractivity contribution in [2.75, 3.05) is 45.4 Å². The number of carbonyl (C=O) groups excluding carboxylic acids is 3. The quantitative estimate of drug-likeness (QED) is 0.0511. The van der Waals surface area contributed by atoms with Crippen LogP contribution in [-0.4, -0.2) is 126 Å². The number of likely N-dealkylation sites (N-methyl/N-ethyl adjacent to an activating group) is 1. The molecule has 0 N–H and O–H groups in total. The molecule has 0 bridgehead atoms. The van der Waals surface area contributed by atoms with E-state index in [2.05, 4.69) is 0 Å². The van der Waals surface area contributed by atoms with E-state index in [0.717, 1.165) is 12.1 Å². The number of fused-ring (bicyclic) bond motifs is 6. The van der Waals surface area contributed by atoms with Gasteiger partial charge in [-0.3, -0.25) is 9.59 Å². The number of amides is 2. The number of methoxy groups -OCH3 is 2. The molecule has 3 heterocycles. The summed E-state index contributed by atoms with van der Waals surface area (Å²) in [5, 5.41) is 0.271. The van der Waals surface area contributed by atoms with Crippen LogP contribution in [0.4, 0.5) is 11.4 Å². The van der Waals surface area contributed by atoms with E-state index >= 15 is 0 Å². The molecule has 388 valence electrons. The molecular formula is C47H50N3O18S4-3. The summed E-state index contributed by atoms with van der Waals surface area (Å²) in [5.74, 6) is -2.03. The predicted octanol–water partition coefficient (Wildman–Crippen LogP) is 4.44. The van der Waals surface area contributed by atoms with Gasteiger partial charge in [0.1, 0.15) is 47.0 Å². The third-order valence-corrected chi connectivity index (χ3v) is 16.9. The second-order valence-corrected chi connectivity index (χ2v) is 23.4. The molecule has 21 nitrogen and oxygen atoms in total. The number of hydrogen-bond acceptors (Lipinski definition) is 19. The Balaban J connectivity index is 1.40. The standard InChI is InChI=1S/C47H53N3O18S4/c1-6-48-35-16-14-31-33(25-29(69(54,55)56)27-37(31)71(60,61)62)44(35)46(2,20-23-66-4)39(48)11-10-12-40-47(3,21-24-67-5)45-34-26-30(70(57,58)59)28-38(72(63,64)65)32(34)15-17-36(45)49(40)22-9-7-8-13-43(53)68-50-41(51)18-19-42(50)52/h10-12,14-17,25-28H,6-9,13,18-24H2,1-5H3,(H3-,54,55,56,57,58,59,60,61,62,63,64,65)/p-3. The highest BCUT2D eigenvalue weighted by Crippen LogP contribution is 2.54. The minimum atomic E-state index is -5.36. The van der Waals surface area contributed by atoms with Gasteiger partial charge in [0.15, 0.2) is 5.71 Å². The van der Waals surface area contributed by atoms with Crippen molar-refractivity contribution in [1.82, 2.24) is 5.06 Å². The number of ether oxygens (including phenoxy) is 2. The molecule has 4 aromatic carbocycles. The Hall–Kier alpha value is -5.48. The molecule has 0 saturated carbocycles. The largest absolute Gasteiger partial charge is 0.744 e.